The van der Waals surface area contributed by atoms with E-state index in [9.17, 15) is 4.79 Å². The molecule has 0 aliphatic rings. The third kappa shape index (κ3) is 4.75. The Labute approximate surface area is 92.6 Å². The molecular weight excluding hydrogens is 214 g/mol. The van der Waals surface area contributed by atoms with Gasteiger partial charge in [0, 0.05) is 5.38 Å². The van der Waals surface area contributed by atoms with E-state index < -0.39 is 0 Å². The van der Waals surface area contributed by atoms with Crippen LogP contribution in [0, 0.1) is 0 Å². The van der Waals surface area contributed by atoms with Crippen molar-refractivity contribution in [1.29, 1.82) is 0 Å². The van der Waals surface area contributed by atoms with Crippen LogP contribution in [0.15, 0.2) is 5.38 Å². The predicted octanol–water partition coefficient (Wildman–Crippen LogP) is 0.766. The maximum absolute atomic E-state index is 11.2. The number of aromatic nitrogens is 1. The van der Waals surface area contributed by atoms with Gasteiger partial charge in [0.25, 0.3) is 0 Å². The Kier molecular flexibility index (Phi) is 4.51. The van der Waals surface area contributed by atoms with Crippen molar-refractivity contribution in [2.75, 3.05) is 12.3 Å². The Morgan fingerprint density at radius 3 is 3.00 bits per heavy atom. The van der Waals surface area contributed by atoms with Crippen LogP contribution in [-0.4, -0.2) is 23.6 Å². The van der Waals surface area contributed by atoms with E-state index >= 15 is 0 Å². The number of anilines is 1. The summed E-state index contributed by atoms with van der Waals surface area (Å²) in [5, 5.41) is 5.02. The number of nitrogens with zero attached hydrogens (tertiary/aromatic N) is 1. The van der Waals surface area contributed by atoms with Crippen LogP contribution in [0.3, 0.4) is 0 Å². The van der Waals surface area contributed by atoms with Crippen molar-refractivity contribution < 1.29 is 9.53 Å². The summed E-state index contributed by atoms with van der Waals surface area (Å²) >= 11 is 1.36. The van der Waals surface area contributed by atoms with Gasteiger partial charge in [0.05, 0.1) is 18.3 Å². The molecule has 1 rings (SSSR count). The van der Waals surface area contributed by atoms with E-state index in [4.69, 9.17) is 10.5 Å². The highest BCUT2D eigenvalue weighted by atomic mass is 32.1. The van der Waals surface area contributed by atoms with Gasteiger partial charge in [0.15, 0.2) is 5.13 Å². The third-order valence-electron chi connectivity index (χ3n) is 1.58. The van der Waals surface area contributed by atoms with Crippen LogP contribution in [0.5, 0.6) is 0 Å². The normalized spacial score (nSPS) is 10.6. The van der Waals surface area contributed by atoms with E-state index in [-0.39, 0.29) is 18.6 Å². The van der Waals surface area contributed by atoms with E-state index in [1.807, 2.05) is 19.2 Å². The molecule has 0 aromatic carbocycles. The number of ether oxygens (including phenoxy) is 1. The minimum absolute atomic E-state index is 0.0608. The summed E-state index contributed by atoms with van der Waals surface area (Å²) in [5.74, 6) is -0.143. The number of rotatable bonds is 5. The van der Waals surface area contributed by atoms with Gasteiger partial charge in [-0.1, -0.05) is 0 Å². The maximum Gasteiger partial charge on any atom is 0.246 e. The SMILES string of the molecule is CC(C)OCC(=O)NCc1csc(N)n1. The molecule has 0 unspecified atom stereocenters. The standard InChI is InChI=1S/C9H15N3O2S/c1-6(2)14-4-8(13)11-3-7-5-15-9(10)12-7/h5-6H,3-4H2,1-2H3,(H2,10,12)(H,11,13). The monoisotopic (exact) mass is 229 g/mol. The molecule has 1 aromatic heterocycles. The van der Waals surface area contributed by atoms with Crippen LogP contribution < -0.4 is 11.1 Å². The molecule has 0 saturated heterocycles. The molecule has 15 heavy (non-hydrogen) atoms. The van der Waals surface area contributed by atoms with E-state index in [0.717, 1.165) is 5.69 Å². The largest absolute Gasteiger partial charge is 0.375 e. The molecule has 0 spiro atoms. The number of nitrogens with one attached hydrogen (secondary N) is 1. The second kappa shape index (κ2) is 5.67. The third-order valence-corrected chi connectivity index (χ3v) is 2.31. The molecule has 0 aliphatic heterocycles. The number of carbonyl (C=O) groups is 1. The van der Waals surface area contributed by atoms with Crippen molar-refractivity contribution in [2.24, 2.45) is 0 Å². The first-order valence-electron chi connectivity index (χ1n) is 4.66. The number of hydrogen-bond acceptors (Lipinski definition) is 5. The van der Waals surface area contributed by atoms with Crippen LogP contribution in [-0.2, 0) is 16.1 Å². The van der Waals surface area contributed by atoms with Crippen LogP contribution >= 0.6 is 11.3 Å². The van der Waals surface area contributed by atoms with E-state index in [0.29, 0.717) is 11.7 Å². The first-order chi connectivity index (χ1) is 7.08. The zero-order valence-electron chi connectivity index (χ0n) is 8.82. The Bertz CT molecular complexity index is 325. The lowest BCUT2D eigenvalue weighted by Crippen LogP contribution is -2.28. The molecule has 0 saturated carbocycles. The molecule has 5 nitrogen and oxygen atoms in total. The Morgan fingerprint density at radius 1 is 1.73 bits per heavy atom. The summed E-state index contributed by atoms with van der Waals surface area (Å²) in [7, 11) is 0. The van der Waals surface area contributed by atoms with Crippen LogP contribution in [0.2, 0.25) is 0 Å². The average Bonchev–Trinajstić information content (AvgIpc) is 2.58. The van der Waals surface area contributed by atoms with Gasteiger partial charge in [-0.25, -0.2) is 4.98 Å². The molecule has 0 fully saturated rings. The lowest BCUT2D eigenvalue weighted by Gasteiger charge is -2.07. The molecule has 1 amide bonds. The van der Waals surface area contributed by atoms with E-state index in [2.05, 4.69) is 10.3 Å². The lowest BCUT2D eigenvalue weighted by atomic mass is 10.4. The quantitative estimate of drug-likeness (QED) is 0.781. The second-order valence-electron chi connectivity index (χ2n) is 3.31. The Hall–Kier alpha value is -1.14. The molecule has 3 N–H and O–H groups in total. The summed E-state index contributed by atoms with van der Waals surface area (Å²) in [6.45, 7) is 4.24. The van der Waals surface area contributed by atoms with Crippen molar-refractivity contribution >= 4 is 22.4 Å². The summed E-state index contributed by atoms with van der Waals surface area (Å²) < 4.78 is 5.14. The van der Waals surface area contributed by atoms with Gasteiger partial charge < -0.3 is 15.8 Å². The van der Waals surface area contributed by atoms with Gasteiger partial charge in [-0.2, -0.15) is 0 Å². The van der Waals surface area contributed by atoms with Gasteiger partial charge in [-0.3, -0.25) is 4.79 Å². The first-order valence-corrected chi connectivity index (χ1v) is 5.54. The molecule has 6 heteroatoms. The minimum atomic E-state index is -0.143. The maximum atomic E-state index is 11.2. The van der Waals surface area contributed by atoms with Crippen molar-refractivity contribution in [3.8, 4) is 0 Å². The molecule has 84 valence electrons. The zero-order chi connectivity index (χ0) is 11.3. The van der Waals surface area contributed by atoms with Crippen LogP contribution in [0.4, 0.5) is 5.13 Å². The Morgan fingerprint density at radius 2 is 2.47 bits per heavy atom. The fourth-order valence-corrected chi connectivity index (χ4v) is 1.45. The Balaban J connectivity index is 2.22. The smallest absolute Gasteiger partial charge is 0.246 e. The molecular formula is C9H15N3O2S. The van der Waals surface area contributed by atoms with E-state index in [1.54, 1.807) is 0 Å². The van der Waals surface area contributed by atoms with Gasteiger partial charge >= 0.3 is 0 Å². The highest BCUT2D eigenvalue weighted by Crippen LogP contribution is 2.10. The number of nitrogen functional groups attached to an aromatic ring is 1. The number of hydrogen-bond donors (Lipinski definition) is 2. The number of carbonyl (C=O) groups excluding carboxylic acids is 1. The molecule has 1 heterocycles. The van der Waals surface area contributed by atoms with Gasteiger partial charge in [0.1, 0.15) is 6.61 Å². The predicted molar refractivity (Wildman–Crippen MR) is 59.5 cm³/mol. The lowest BCUT2D eigenvalue weighted by molar-refractivity contribution is -0.127. The van der Waals surface area contributed by atoms with Gasteiger partial charge in [-0.15, -0.1) is 11.3 Å². The fourth-order valence-electron chi connectivity index (χ4n) is 0.886. The van der Waals surface area contributed by atoms with Crippen LogP contribution in [0.1, 0.15) is 19.5 Å². The molecule has 1 aromatic rings. The molecule has 0 bridgehead atoms. The van der Waals surface area contributed by atoms with Crippen LogP contribution in [0.25, 0.3) is 0 Å². The van der Waals surface area contributed by atoms with Crippen molar-refractivity contribution in [1.82, 2.24) is 10.3 Å². The van der Waals surface area contributed by atoms with Gasteiger partial charge in [-0.05, 0) is 13.8 Å². The molecule has 0 aliphatic carbocycles. The highest BCUT2D eigenvalue weighted by Gasteiger charge is 2.04. The number of nitrogens with two attached hydrogens (primary N) is 1. The molecule has 0 radical (unpaired) electrons. The minimum Gasteiger partial charge on any atom is -0.375 e. The second-order valence-corrected chi connectivity index (χ2v) is 4.20. The van der Waals surface area contributed by atoms with E-state index in [1.165, 1.54) is 11.3 Å². The zero-order valence-corrected chi connectivity index (χ0v) is 9.63. The fraction of sp³-hybridized carbons (Fsp3) is 0.556. The number of thiazole rings is 1. The number of amides is 1. The summed E-state index contributed by atoms with van der Waals surface area (Å²) in [5.41, 5.74) is 6.23. The summed E-state index contributed by atoms with van der Waals surface area (Å²) in [4.78, 5) is 15.3. The summed E-state index contributed by atoms with van der Waals surface area (Å²) in [6.07, 6.45) is 0.0608. The van der Waals surface area contributed by atoms with Crippen molar-refractivity contribution in [3.05, 3.63) is 11.1 Å². The average molecular weight is 229 g/mol. The topological polar surface area (TPSA) is 77.2 Å². The summed E-state index contributed by atoms with van der Waals surface area (Å²) in [6, 6.07) is 0. The van der Waals surface area contributed by atoms with Gasteiger partial charge in [0.2, 0.25) is 5.91 Å². The van der Waals surface area contributed by atoms with Crippen molar-refractivity contribution in [2.45, 2.75) is 26.5 Å². The molecule has 0 atom stereocenters. The highest BCUT2D eigenvalue weighted by molar-refractivity contribution is 7.13. The van der Waals surface area contributed by atoms with Crippen molar-refractivity contribution in [3.63, 3.8) is 0 Å². The first kappa shape index (κ1) is 11.9.